The third-order valence-corrected chi connectivity index (χ3v) is 13.4. The van der Waals surface area contributed by atoms with Crippen LogP contribution >= 0.6 is 0 Å². The van der Waals surface area contributed by atoms with E-state index < -0.39 is 0 Å². The highest BCUT2D eigenvalue weighted by Crippen LogP contribution is 2.48. The Morgan fingerprint density at radius 1 is 0.309 bits per heavy atom. The van der Waals surface area contributed by atoms with Gasteiger partial charge in [-0.3, -0.25) is 19.2 Å². The normalized spacial score (nSPS) is 14.8. The summed E-state index contributed by atoms with van der Waals surface area (Å²) in [6.07, 6.45) is 4.20. The number of benzene rings is 8. The van der Waals surface area contributed by atoms with Crippen molar-refractivity contribution in [3.8, 4) is 0 Å². The number of rotatable bonds is 8. The maximum atomic E-state index is 15.3. The molecule has 0 N–H and O–H groups in total. The van der Waals surface area contributed by atoms with Gasteiger partial charge in [-0.05, 0) is 78.9 Å². The fraction of sp³-hybridized carbons (Fsp3) is 0.0323. The molecule has 2 amide bonds. The Balaban J connectivity index is 0.987. The van der Waals surface area contributed by atoms with Gasteiger partial charge in [0.2, 0.25) is 0 Å². The van der Waals surface area contributed by atoms with Crippen molar-refractivity contribution < 1.29 is 19.2 Å². The number of hydrogen-bond acceptors (Lipinski definition) is 4. The van der Waals surface area contributed by atoms with E-state index in [4.69, 9.17) is 0 Å². The maximum Gasteiger partial charge on any atom is 0.261 e. The second-order valence-corrected chi connectivity index (χ2v) is 17.4. The predicted octanol–water partition coefficient (Wildman–Crippen LogP) is 12.2. The molecule has 6 heteroatoms. The minimum atomic E-state index is -0.240. The molecule has 0 atom stereocenters. The summed E-state index contributed by atoms with van der Waals surface area (Å²) in [4.78, 5) is 61.0. The quantitative estimate of drug-likeness (QED) is 0.152. The number of nitrogens with zero attached hydrogens (tertiary/aromatic N) is 2. The molecule has 0 saturated carbocycles. The van der Waals surface area contributed by atoms with Gasteiger partial charge in [0.25, 0.3) is 11.8 Å². The highest BCUT2D eigenvalue weighted by Gasteiger charge is 2.49. The average Bonchev–Trinajstić information content (AvgIpc) is 3.83. The van der Waals surface area contributed by atoms with Gasteiger partial charge in [-0.2, -0.15) is 0 Å². The first-order valence-corrected chi connectivity index (χ1v) is 22.7. The van der Waals surface area contributed by atoms with Crippen LogP contribution in [0.15, 0.2) is 217 Å². The van der Waals surface area contributed by atoms with Crippen LogP contribution < -0.4 is 0 Å². The molecule has 2 aliphatic carbocycles. The summed E-state index contributed by atoms with van der Waals surface area (Å²) in [5.74, 6) is -0.460. The molecule has 2 aliphatic heterocycles. The van der Waals surface area contributed by atoms with E-state index in [1.54, 1.807) is 9.80 Å². The molecule has 68 heavy (non-hydrogen) atoms. The molecule has 0 spiro atoms. The van der Waals surface area contributed by atoms with Gasteiger partial charge in [-0.15, -0.1) is 0 Å². The topological polar surface area (TPSA) is 74.8 Å². The lowest BCUT2D eigenvalue weighted by Crippen LogP contribution is -2.29. The van der Waals surface area contributed by atoms with E-state index in [0.717, 1.165) is 66.8 Å². The zero-order valence-electron chi connectivity index (χ0n) is 36.7. The Morgan fingerprint density at radius 3 is 0.897 bits per heavy atom. The van der Waals surface area contributed by atoms with Gasteiger partial charge in [-0.1, -0.05) is 206 Å². The molecule has 0 fully saturated rings. The molecule has 0 radical (unpaired) electrons. The molecular formula is C62H40N2O4. The van der Waals surface area contributed by atoms with Gasteiger partial charge in [-0.25, -0.2) is 0 Å². The molecule has 2 heterocycles. The van der Waals surface area contributed by atoms with Crippen molar-refractivity contribution in [3.63, 3.8) is 0 Å². The van der Waals surface area contributed by atoms with E-state index >= 15 is 9.59 Å². The summed E-state index contributed by atoms with van der Waals surface area (Å²) in [6.45, 7) is 0.541. The van der Waals surface area contributed by atoms with Crippen LogP contribution in [0.2, 0.25) is 0 Å². The molecule has 4 aliphatic rings. The summed E-state index contributed by atoms with van der Waals surface area (Å²) in [7, 11) is 0. The lowest BCUT2D eigenvalue weighted by Gasteiger charge is -2.26. The van der Waals surface area contributed by atoms with Crippen LogP contribution in [0.5, 0.6) is 0 Å². The number of carbonyl (C=O) groups is 4. The van der Waals surface area contributed by atoms with Crippen molar-refractivity contribution in [2.24, 2.45) is 0 Å². The summed E-state index contributed by atoms with van der Waals surface area (Å²) >= 11 is 0. The van der Waals surface area contributed by atoms with Crippen molar-refractivity contribution in [2.75, 3.05) is 0 Å². The predicted molar refractivity (Wildman–Crippen MR) is 267 cm³/mol. The maximum absolute atomic E-state index is 15.3. The number of fused-ring (bicyclic) bond motifs is 5. The average molecular weight is 877 g/mol. The first kappa shape index (κ1) is 40.5. The Kier molecular flexibility index (Phi) is 9.80. The fourth-order valence-corrected chi connectivity index (χ4v) is 10.2. The monoisotopic (exact) mass is 876 g/mol. The third kappa shape index (κ3) is 6.73. The highest BCUT2D eigenvalue weighted by molar-refractivity contribution is 6.30. The number of amides is 2. The smallest absolute Gasteiger partial charge is 0.261 e. The Hall–Kier alpha value is -9.00. The first-order valence-electron chi connectivity index (χ1n) is 22.7. The van der Waals surface area contributed by atoms with Crippen molar-refractivity contribution in [1.82, 2.24) is 9.80 Å². The van der Waals surface area contributed by atoms with Crippen molar-refractivity contribution in [1.29, 1.82) is 0 Å². The summed E-state index contributed by atoms with van der Waals surface area (Å²) in [5, 5.41) is 0. The molecule has 8 aromatic carbocycles. The fourth-order valence-electron chi connectivity index (χ4n) is 10.2. The van der Waals surface area contributed by atoms with Gasteiger partial charge < -0.3 is 9.80 Å². The van der Waals surface area contributed by atoms with Crippen LogP contribution in [-0.4, -0.2) is 33.2 Å². The molecule has 12 rings (SSSR count). The van der Waals surface area contributed by atoms with Crippen LogP contribution in [0.4, 0.5) is 0 Å². The van der Waals surface area contributed by atoms with E-state index in [1.807, 2.05) is 206 Å². The van der Waals surface area contributed by atoms with Gasteiger partial charge in [0, 0.05) is 22.3 Å². The highest BCUT2D eigenvalue weighted by atomic mass is 16.2. The molecular weight excluding hydrogens is 837 g/mol. The van der Waals surface area contributed by atoms with Crippen LogP contribution in [0.1, 0.15) is 87.5 Å². The zero-order valence-corrected chi connectivity index (χ0v) is 36.7. The van der Waals surface area contributed by atoms with Crippen LogP contribution in [0.3, 0.4) is 0 Å². The minimum Gasteiger partial charge on any atom is -0.302 e. The zero-order chi connectivity index (χ0) is 45.9. The molecule has 0 unspecified atom stereocenters. The van der Waals surface area contributed by atoms with Crippen LogP contribution in [0, 0.1) is 0 Å². The Bertz CT molecular complexity index is 3220. The number of ketones is 2. The van der Waals surface area contributed by atoms with Crippen molar-refractivity contribution in [2.45, 2.75) is 13.1 Å². The van der Waals surface area contributed by atoms with Crippen LogP contribution in [-0.2, 0) is 22.7 Å². The van der Waals surface area contributed by atoms with Crippen molar-refractivity contribution in [3.05, 3.63) is 295 Å². The van der Waals surface area contributed by atoms with E-state index in [2.05, 4.69) is 12.2 Å². The lowest BCUT2D eigenvalue weighted by atomic mass is 9.80. The van der Waals surface area contributed by atoms with E-state index in [9.17, 15) is 9.59 Å². The summed E-state index contributed by atoms with van der Waals surface area (Å²) in [5.41, 5.74) is 15.2. The van der Waals surface area contributed by atoms with E-state index in [0.29, 0.717) is 44.8 Å². The lowest BCUT2D eigenvalue weighted by molar-refractivity contribution is -0.124. The summed E-state index contributed by atoms with van der Waals surface area (Å²) < 4.78 is 0. The van der Waals surface area contributed by atoms with Crippen molar-refractivity contribution >= 4 is 58.1 Å². The molecule has 0 bridgehead atoms. The summed E-state index contributed by atoms with van der Waals surface area (Å²) in [6, 6.07) is 66.5. The van der Waals surface area contributed by atoms with E-state index in [1.165, 1.54) is 0 Å². The third-order valence-electron chi connectivity index (χ3n) is 13.4. The van der Waals surface area contributed by atoms with Gasteiger partial charge in [0.05, 0.1) is 35.6 Å². The number of carbonyl (C=O) groups excluding carboxylic acids is 4. The second-order valence-electron chi connectivity index (χ2n) is 17.4. The first-order chi connectivity index (χ1) is 33.4. The second kappa shape index (κ2) is 16.5. The largest absolute Gasteiger partial charge is 0.302 e. The standard InChI is InChI=1S/C62H40N2O4/c65-59-49-23-11-7-19-45(49)53(46-20-8-12-24-50(46)59)35-39-27-31-43(32-28-39)57-55-56(61(67)63(57)37-41-15-3-1-4-16-41)58(64(62(55)68)38-42-17-5-2-6-18-42)44-33-29-40(30-34-44)36-54-47-21-9-13-25-51(47)60(66)52-26-14-10-22-48(52)54/h1-36H,37-38H2. The van der Waals surface area contributed by atoms with Gasteiger partial charge in [0.15, 0.2) is 11.6 Å². The SMILES string of the molecule is O=C1c2ccccc2C(=Cc2ccc(C3=C4C(=O)N(Cc5ccccc5)C(c5ccc(C=C6c7ccccc7C(=O)c7ccccc76)cc5)=C4C(=O)N3Cc3ccccc3)cc2)c2ccccc21. The van der Waals surface area contributed by atoms with Crippen LogP contribution in [0.25, 0.3) is 34.7 Å². The minimum absolute atomic E-state index is 0.0103. The molecule has 322 valence electrons. The Morgan fingerprint density at radius 2 is 0.588 bits per heavy atom. The molecule has 0 aromatic heterocycles. The van der Waals surface area contributed by atoms with Gasteiger partial charge in [0.1, 0.15) is 0 Å². The number of hydrogen-bond donors (Lipinski definition) is 0. The molecule has 8 aromatic rings. The van der Waals surface area contributed by atoms with E-state index in [-0.39, 0.29) is 36.5 Å². The molecule has 0 saturated heterocycles. The Labute approximate surface area is 393 Å². The molecule has 6 nitrogen and oxygen atoms in total. The van der Waals surface area contributed by atoms with Gasteiger partial charge >= 0.3 is 0 Å².